The first-order chi connectivity index (χ1) is 8.66. The Balaban J connectivity index is 1.82. The number of rotatable bonds is 4. The van der Waals surface area contributed by atoms with Crippen molar-refractivity contribution in [2.75, 3.05) is 6.54 Å². The van der Waals surface area contributed by atoms with E-state index in [1.54, 1.807) is 0 Å². The van der Waals surface area contributed by atoms with Crippen molar-refractivity contribution in [2.24, 2.45) is 5.92 Å². The van der Waals surface area contributed by atoms with E-state index in [0.29, 0.717) is 18.7 Å². The van der Waals surface area contributed by atoms with Gasteiger partial charge in [-0.15, -0.1) is 0 Å². The van der Waals surface area contributed by atoms with Crippen molar-refractivity contribution >= 4 is 0 Å². The molecule has 2 N–H and O–H groups in total. The van der Waals surface area contributed by atoms with E-state index in [4.69, 9.17) is 0 Å². The number of hydrogen-bond donors (Lipinski definition) is 2. The van der Waals surface area contributed by atoms with E-state index in [9.17, 15) is 13.9 Å². The van der Waals surface area contributed by atoms with Gasteiger partial charge in [-0.25, -0.2) is 8.78 Å². The summed E-state index contributed by atoms with van der Waals surface area (Å²) in [5, 5.41) is 12.9. The predicted octanol–water partition coefficient (Wildman–Crippen LogP) is 2.61. The lowest BCUT2D eigenvalue weighted by atomic mass is 9.86. The molecule has 2 nitrogen and oxygen atoms in total. The minimum Gasteiger partial charge on any atom is -0.393 e. The fourth-order valence-electron chi connectivity index (χ4n) is 2.50. The third-order valence-corrected chi connectivity index (χ3v) is 3.60. The lowest BCUT2D eigenvalue weighted by Gasteiger charge is -2.27. The van der Waals surface area contributed by atoms with Crippen molar-refractivity contribution in [3.05, 3.63) is 35.4 Å². The number of benzene rings is 1. The van der Waals surface area contributed by atoms with Crippen LogP contribution in [0.15, 0.2) is 18.2 Å². The number of halogens is 2. The van der Waals surface area contributed by atoms with Gasteiger partial charge in [-0.2, -0.15) is 0 Å². The monoisotopic (exact) mass is 255 g/mol. The van der Waals surface area contributed by atoms with E-state index in [2.05, 4.69) is 5.32 Å². The summed E-state index contributed by atoms with van der Waals surface area (Å²) in [6.45, 7) is 0.948. The molecule has 2 atom stereocenters. The van der Waals surface area contributed by atoms with Gasteiger partial charge in [0, 0.05) is 18.7 Å². The van der Waals surface area contributed by atoms with Gasteiger partial charge in [0.1, 0.15) is 11.6 Å². The van der Waals surface area contributed by atoms with Crippen LogP contribution in [0.4, 0.5) is 8.78 Å². The first kappa shape index (κ1) is 13.4. The van der Waals surface area contributed by atoms with E-state index in [-0.39, 0.29) is 12.0 Å². The largest absolute Gasteiger partial charge is 0.393 e. The van der Waals surface area contributed by atoms with E-state index in [1.165, 1.54) is 6.07 Å². The molecule has 0 spiro atoms. The van der Waals surface area contributed by atoms with Gasteiger partial charge in [0.25, 0.3) is 0 Å². The molecule has 0 saturated heterocycles. The molecule has 1 saturated carbocycles. The highest BCUT2D eigenvalue weighted by Crippen LogP contribution is 2.23. The number of nitrogens with one attached hydrogen (secondary N) is 1. The van der Waals surface area contributed by atoms with Crippen LogP contribution in [0.2, 0.25) is 0 Å². The molecule has 18 heavy (non-hydrogen) atoms. The molecule has 0 aromatic heterocycles. The van der Waals surface area contributed by atoms with Crippen molar-refractivity contribution in [1.29, 1.82) is 0 Å². The maximum atomic E-state index is 13.4. The SMILES string of the molecule is OC1CCCCC1CNCc1cc(F)ccc1F. The van der Waals surface area contributed by atoms with Crippen LogP contribution in [0.3, 0.4) is 0 Å². The highest BCUT2D eigenvalue weighted by atomic mass is 19.1. The summed E-state index contributed by atoms with van der Waals surface area (Å²) in [6.07, 6.45) is 3.80. The molecular weight excluding hydrogens is 236 g/mol. The van der Waals surface area contributed by atoms with E-state index < -0.39 is 11.6 Å². The van der Waals surface area contributed by atoms with Crippen molar-refractivity contribution < 1.29 is 13.9 Å². The van der Waals surface area contributed by atoms with Gasteiger partial charge >= 0.3 is 0 Å². The van der Waals surface area contributed by atoms with E-state index >= 15 is 0 Å². The molecule has 1 aliphatic rings. The van der Waals surface area contributed by atoms with Crippen LogP contribution in [0.25, 0.3) is 0 Å². The molecule has 1 aromatic carbocycles. The summed E-state index contributed by atoms with van der Waals surface area (Å²) in [7, 11) is 0. The Bertz CT molecular complexity index is 397. The van der Waals surface area contributed by atoms with Gasteiger partial charge in [-0.3, -0.25) is 0 Å². The van der Waals surface area contributed by atoms with Crippen LogP contribution >= 0.6 is 0 Å². The van der Waals surface area contributed by atoms with Crippen molar-refractivity contribution in [2.45, 2.75) is 38.3 Å². The maximum absolute atomic E-state index is 13.4. The molecule has 0 heterocycles. The van der Waals surface area contributed by atoms with Crippen LogP contribution in [-0.2, 0) is 6.54 Å². The Kier molecular flexibility index (Phi) is 4.66. The minimum atomic E-state index is -0.425. The Labute approximate surface area is 106 Å². The van der Waals surface area contributed by atoms with Gasteiger partial charge in [-0.1, -0.05) is 12.8 Å². The van der Waals surface area contributed by atoms with Crippen molar-refractivity contribution in [3.63, 3.8) is 0 Å². The molecule has 100 valence electrons. The zero-order chi connectivity index (χ0) is 13.0. The third-order valence-electron chi connectivity index (χ3n) is 3.60. The molecule has 2 unspecified atom stereocenters. The summed E-state index contributed by atoms with van der Waals surface area (Å²) < 4.78 is 26.3. The number of hydrogen-bond acceptors (Lipinski definition) is 2. The summed E-state index contributed by atoms with van der Waals surface area (Å²) in [4.78, 5) is 0. The van der Waals surface area contributed by atoms with Gasteiger partial charge < -0.3 is 10.4 Å². The van der Waals surface area contributed by atoms with Crippen molar-refractivity contribution in [1.82, 2.24) is 5.32 Å². The first-order valence-electron chi connectivity index (χ1n) is 6.49. The fraction of sp³-hybridized carbons (Fsp3) is 0.571. The van der Waals surface area contributed by atoms with Gasteiger partial charge in [-0.05, 0) is 37.0 Å². The average Bonchev–Trinajstić information content (AvgIpc) is 2.36. The predicted molar refractivity (Wildman–Crippen MR) is 66.0 cm³/mol. The Morgan fingerprint density at radius 2 is 2.00 bits per heavy atom. The molecule has 4 heteroatoms. The van der Waals surface area contributed by atoms with Crippen LogP contribution in [0.1, 0.15) is 31.2 Å². The Morgan fingerprint density at radius 3 is 2.78 bits per heavy atom. The third kappa shape index (κ3) is 3.50. The van der Waals surface area contributed by atoms with E-state index in [1.807, 2.05) is 0 Å². The molecule has 0 radical (unpaired) electrons. The Morgan fingerprint density at radius 1 is 1.22 bits per heavy atom. The van der Waals surface area contributed by atoms with Crippen LogP contribution in [0.5, 0.6) is 0 Å². The lowest BCUT2D eigenvalue weighted by Crippen LogP contribution is -2.33. The normalized spacial score (nSPS) is 24.2. The molecule has 2 rings (SSSR count). The molecule has 1 aromatic rings. The summed E-state index contributed by atoms with van der Waals surface area (Å²) in [5.74, 6) is -0.589. The molecule has 0 bridgehead atoms. The van der Waals surface area contributed by atoms with Gasteiger partial charge in [0.05, 0.1) is 6.10 Å². The number of aliphatic hydroxyl groups is 1. The van der Waals surface area contributed by atoms with Gasteiger partial charge in [0.15, 0.2) is 0 Å². The summed E-state index contributed by atoms with van der Waals surface area (Å²) in [5.41, 5.74) is 0.334. The quantitative estimate of drug-likeness (QED) is 0.866. The highest BCUT2D eigenvalue weighted by Gasteiger charge is 2.22. The Hall–Kier alpha value is -1.00. The standard InChI is InChI=1S/C14H19F2NO/c15-12-5-6-13(16)11(7-12)9-17-8-10-3-1-2-4-14(10)18/h5-7,10,14,17-18H,1-4,8-9H2. The second-order valence-electron chi connectivity index (χ2n) is 4.98. The molecule has 1 aliphatic carbocycles. The van der Waals surface area contributed by atoms with Gasteiger partial charge in [0.2, 0.25) is 0 Å². The van der Waals surface area contributed by atoms with Crippen LogP contribution in [-0.4, -0.2) is 17.8 Å². The lowest BCUT2D eigenvalue weighted by molar-refractivity contribution is 0.0694. The molecule has 0 aliphatic heterocycles. The van der Waals surface area contributed by atoms with Crippen LogP contribution in [0, 0.1) is 17.6 Å². The average molecular weight is 255 g/mol. The number of aliphatic hydroxyl groups excluding tert-OH is 1. The molecule has 0 amide bonds. The first-order valence-corrected chi connectivity index (χ1v) is 6.49. The molecular formula is C14H19F2NO. The summed E-state index contributed by atoms with van der Waals surface area (Å²) >= 11 is 0. The smallest absolute Gasteiger partial charge is 0.127 e. The second kappa shape index (κ2) is 6.25. The van der Waals surface area contributed by atoms with E-state index in [0.717, 1.165) is 37.8 Å². The van der Waals surface area contributed by atoms with Crippen molar-refractivity contribution in [3.8, 4) is 0 Å². The van der Waals surface area contributed by atoms with Crippen LogP contribution < -0.4 is 5.32 Å². The highest BCUT2D eigenvalue weighted by molar-refractivity contribution is 5.18. The fourth-order valence-corrected chi connectivity index (χ4v) is 2.50. The topological polar surface area (TPSA) is 32.3 Å². The maximum Gasteiger partial charge on any atom is 0.127 e. The molecule has 1 fully saturated rings. The summed E-state index contributed by atoms with van der Waals surface area (Å²) in [6, 6.07) is 3.46. The minimum absolute atomic E-state index is 0.232. The zero-order valence-electron chi connectivity index (χ0n) is 10.3. The second-order valence-corrected chi connectivity index (χ2v) is 4.98. The zero-order valence-corrected chi connectivity index (χ0v) is 10.3.